The van der Waals surface area contributed by atoms with Crippen molar-refractivity contribution in [3.05, 3.63) is 23.3 Å². The number of anilines is 1. The van der Waals surface area contributed by atoms with Gasteiger partial charge < -0.3 is 10.5 Å². The van der Waals surface area contributed by atoms with Gasteiger partial charge in [-0.3, -0.25) is 0 Å². The van der Waals surface area contributed by atoms with Crippen LogP contribution in [0.5, 0.6) is 0 Å². The van der Waals surface area contributed by atoms with Gasteiger partial charge in [0.25, 0.3) is 0 Å². The summed E-state index contributed by atoms with van der Waals surface area (Å²) in [5, 5.41) is 0. The average molecular weight is 284 g/mol. The van der Waals surface area contributed by atoms with Gasteiger partial charge in [0.2, 0.25) is 10.0 Å². The highest BCUT2D eigenvalue weighted by molar-refractivity contribution is 7.89. The van der Waals surface area contributed by atoms with Gasteiger partial charge in [-0.2, -0.15) is 0 Å². The molecule has 106 valence electrons. The van der Waals surface area contributed by atoms with E-state index in [-0.39, 0.29) is 10.9 Å². The average Bonchev–Trinajstić information content (AvgIpc) is 2.34. The number of sulfonamides is 1. The van der Waals surface area contributed by atoms with Crippen LogP contribution in [0.25, 0.3) is 0 Å². The summed E-state index contributed by atoms with van der Waals surface area (Å²) in [4.78, 5) is 0.260. The first-order valence-corrected chi connectivity index (χ1v) is 7.85. The number of ether oxygens (including phenoxy) is 1. The first-order chi connectivity index (χ1) is 8.90. The Morgan fingerprint density at radius 1 is 1.37 bits per heavy atom. The van der Waals surface area contributed by atoms with Gasteiger partial charge in [0.1, 0.15) is 0 Å². The molecule has 0 aliphatic carbocycles. The lowest BCUT2D eigenvalue weighted by molar-refractivity contribution is 0.0774. The zero-order chi connectivity index (χ0) is 14.0. The largest absolute Gasteiger partial charge is 0.398 e. The molecular weight excluding hydrogens is 264 g/mol. The summed E-state index contributed by atoms with van der Waals surface area (Å²) >= 11 is 0. The lowest BCUT2D eigenvalue weighted by Gasteiger charge is -2.23. The van der Waals surface area contributed by atoms with Crippen LogP contribution in [0.4, 0.5) is 5.69 Å². The Balaban J connectivity index is 2.28. The Labute approximate surface area is 114 Å². The van der Waals surface area contributed by atoms with E-state index < -0.39 is 10.0 Å². The van der Waals surface area contributed by atoms with Crippen molar-refractivity contribution in [3.63, 3.8) is 0 Å². The highest BCUT2D eigenvalue weighted by atomic mass is 32.2. The third-order valence-electron chi connectivity index (χ3n) is 3.32. The van der Waals surface area contributed by atoms with Gasteiger partial charge in [0.15, 0.2) is 0 Å². The third-order valence-corrected chi connectivity index (χ3v) is 4.96. The lowest BCUT2D eigenvalue weighted by atomic mass is 10.1. The van der Waals surface area contributed by atoms with Gasteiger partial charge in [0.05, 0.1) is 11.5 Å². The number of nitrogens with one attached hydrogen (secondary N) is 1. The van der Waals surface area contributed by atoms with E-state index in [9.17, 15) is 8.42 Å². The lowest BCUT2D eigenvalue weighted by Crippen LogP contribution is -2.40. The molecule has 5 nitrogen and oxygen atoms in total. The summed E-state index contributed by atoms with van der Waals surface area (Å²) in [7, 11) is -3.55. The number of aryl methyl sites for hydroxylation is 1. The molecule has 0 spiro atoms. The van der Waals surface area contributed by atoms with Crippen LogP contribution in [-0.4, -0.2) is 27.7 Å². The molecule has 6 heteroatoms. The van der Waals surface area contributed by atoms with Crippen molar-refractivity contribution < 1.29 is 13.2 Å². The number of nitrogens with two attached hydrogens (primary N) is 1. The summed E-state index contributed by atoms with van der Waals surface area (Å²) in [6.45, 7) is 4.69. The standard InChI is InChI=1S/C13H20N2O3S/c1-9-6-12(14)10(2)13(7-9)19(16,17)15-11-4-3-5-18-8-11/h6-7,11,15H,3-5,8,14H2,1-2H3. The second kappa shape index (κ2) is 5.48. The minimum Gasteiger partial charge on any atom is -0.398 e. The molecule has 0 aromatic heterocycles. The van der Waals surface area contributed by atoms with Crippen molar-refractivity contribution >= 4 is 15.7 Å². The van der Waals surface area contributed by atoms with E-state index in [0.717, 1.165) is 18.4 Å². The third kappa shape index (κ3) is 3.26. The van der Waals surface area contributed by atoms with E-state index in [2.05, 4.69) is 4.72 Å². The van der Waals surface area contributed by atoms with Gasteiger partial charge in [-0.25, -0.2) is 13.1 Å². The highest BCUT2D eigenvalue weighted by Crippen LogP contribution is 2.23. The zero-order valence-electron chi connectivity index (χ0n) is 11.3. The monoisotopic (exact) mass is 284 g/mol. The summed E-state index contributed by atoms with van der Waals surface area (Å²) in [6.07, 6.45) is 1.68. The summed E-state index contributed by atoms with van der Waals surface area (Å²) in [5.74, 6) is 0. The molecule has 1 aliphatic heterocycles. The highest BCUT2D eigenvalue weighted by Gasteiger charge is 2.24. The van der Waals surface area contributed by atoms with Crippen molar-refractivity contribution in [2.24, 2.45) is 0 Å². The fourth-order valence-corrected chi connectivity index (χ4v) is 3.86. The topological polar surface area (TPSA) is 81.4 Å². The number of nitrogen functional groups attached to an aromatic ring is 1. The minimum atomic E-state index is -3.55. The molecule has 1 atom stereocenters. The van der Waals surface area contributed by atoms with Crippen LogP contribution in [0, 0.1) is 13.8 Å². The Morgan fingerprint density at radius 3 is 2.74 bits per heavy atom. The fourth-order valence-electron chi connectivity index (χ4n) is 2.25. The fraction of sp³-hybridized carbons (Fsp3) is 0.538. The van der Waals surface area contributed by atoms with Gasteiger partial charge in [-0.1, -0.05) is 0 Å². The first kappa shape index (κ1) is 14.3. The smallest absolute Gasteiger partial charge is 0.241 e. The van der Waals surface area contributed by atoms with E-state index in [1.807, 2.05) is 6.92 Å². The second-order valence-corrected chi connectivity index (χ2v) is 6.70. The molecule has 1 fully saturated rings. The molecule has 0 saturated carbocycles. The summed E-state index contributed by atoms with van der Waals surface area (Å²) < 4.78 is 32.8. The van der Waals surface area contributed by atoms with E-state index in [0.29, 0.717) is 24.5 Å². The molecule has 0 amide bonds. The molecule has 1 saturated heterocycles. The molecule has 1 heterocycles. The molecule has 1 aliphatic rings. The Hall–Kier alpha value is -1.11. The van der Waals surface area contributed by atoms with Crippen LogP contribution in [-0.2, 0) is 14.8 Å². The van der Waals surface area contributed by atoms with Gasteiger partial charge in [-0.15, -0.1) is 0 Å². The first-order valence-electron chi connectivity index (χ1n) is 6.37. The van der Waals surface area contributed by atoms with E-state index in [1.54, 1.807) is 19.1 Å². The van der Waals surface area contributed by atoms with Crippen LogP contribution in [0.3, 0.4) is 0 Å². The summed E-state index contributed by atoms with van der Waals surface area (Å²) in [6, 6.07) is 3.27. The molecule has 1 unspecified atom stereocenters. The quantitative estimate of drug-likeness (QED) is 0.821. The number of hydrogen-bond donors (Lipinski definition) is 2. The van der Waals surface area contributed by atoms with Crippen LogP contribution in [0.1, 0.15) is 24.0 Å². The van der Waals surface area contributed by atoms with Crippen molar-refractivity contribution in [2.45, 2.75) is 37.6 Å². The maximum Gasteiger partial charge on any atom is 0.241 e. The van der Waals surface area contributed by atoms with Crippen molar-refractivity contribution in [1.29, 1.82) is 0 Å². The molecule has 0 radical (unpaired) electrons. The van der Waals surface area contributed by atoms with Crippen LogP contribution in [0.15, 0.2) is 17.0 Å². The SMILES string of the molecule is Cc1cc(N)c(C)c(S(=O)(=O)NC2CCCOC2)c1. The van der Waals surface area contributed by atoms with Crippen LogP contribution in [0.2, 0.25) is 0 Å². The van der Waals surface area contributed by atoms with E-state index >= 15 is 0 Å². The molecule has 1 aromatic carbocycles. The maximum atomic E-state index is 12.4. The van der Waals surface area contributed by atoms with Crippen molar-refractivity contribution in [3.8, 4) is 0 Å². The Morgan fingerprint density at radius 2 is 2.11 bits per heavy atom. The van der Waals surface area contributed by atoms with Crippen LogP contribution >= 0.6 is 0 Å². The Bertz CT molecular complexity index is 563. The predicted octanol–water partition coefficient (Wildman–Crippen LogP) is 1.34. The van der Waals surface area contributed by atoms with Gasteiger partial charge in [-0.05, 0) is 49.9 Å². The molecule has 1 aromatic rings. The van der Waals surface area contributed by atoms with Gasteiger partial charge in [0, 0.05) is 18.3 Å². The second-order valence-electron chi connectivity index (χ2n) is 5.01. The van der Waals surface area contributed by atoms with E-state index in [1.165, 1.54) is 0 Å². The van der Waals surface area contributed by atoms with Gasteiger partial charge >= 0.3 is 0 Å². The van der Waals surface area contributed by atoms with Crippen molar-refractivity contribution in [1.82, 2.24) is 4.72 Å². The molecule has 19 heavy (non-hydrogen) atoms. The maximum absolute atomic E-state index is 12.4. The minimum absolute atomic E-state index is 0.153. The molecule has 2 rings (SSSR count). The Kier molecular flexibility index (Phi) is 4.13. The molecule has 0 bridgehead atoms. The van der Waals surface area contributed by atoms with Crippen LogP contribution < -0.4 is 10.5 Å². The molecule has 3 N–H and O–H groups in total. The predicted molar refractivity (Wildman–Crippen MR) is 74.5 cm³/mol. The van der Waals surface area contributed by atoms with Crippen molar-refractivity contribution in [2.75, 3.05) is 18.9 Å². The number of benzene rings is 1. The number of hydrogen-bond acceptors (Lipinski definition) is 4. The number of rotatable bonds is 3. The zero-order valence-corrected chi connectivity index (χ0v) is 12.1. The summed E-state index contributed by atoms with van der Waals surface area (Å²) in [5.41, 5.74) is 7.76. The van der Waals surface area contributed by atoms with E-state index in [4.69, 9.17) is 10.5 Å². The molecular formula is C13H20N2O3S. The normalized spacial score (nSPS) is 20.4.